The highest BCUT2D eigenvalue weighted by molar-refractivity contribution is 7.18. The van der Waals surface area contributed by atoms with Crippen LogP contribution in [-0.4, -0.2) is 33.6 Å². The van der Waals surface area contributed by atoms with Gasteiger partial charge in [-0.2, -0.15) is 0 Å². The number of carbonyl (C=O) groups excluding carboxylic acids is 1. The molecule has 0 unspecified atom stereocenters. The third kappa shape index (κ3) is 4.34. The lowest BCUT2D eigenvalue weighted by Crippen LogP contribution is -2.31. The molecule has 0 bridgehead atoms. The third-order valence-electron chi connectivity index (χ3n) is 3.58. The van der Waals surface area contributed by atoms with Gasteiger partial charge in [0.2, 0.25) is 5.89 Å². The number of ether oxygens (including phenoxy) is 1. The van der Waals surface area contributed by atoms with Gasteiger partial charge in [-0.25, -0.2) is 9.97 Å². The van der Waals surface area contributed by atoms with Crippen molar-refractivity contribution in [3.05, 3.63) is 41.1 Å². The molecule has 0 radical (unpaired) electrons. The number of fused-ring (bicyclic) bond motifs is 1. The van der Waals surface area contributed by atoms with Crippen LogP contribution in [0.5, 0.6) is 5.75 Å². The zero-order chi connectivity index (χ0) is 17.8. The summed E-state index contributed by atoms with van der Waals surface area (Å²) < 4.78 is 12.0. The van der Waals surface area contributed by atoms with Crippen molar-refractivity contribution in [1.29, 1.82) is 0 Å². The van der Waals surface area contributed by atoms with Gasteiger partial charge in [0.25, 0.3) is 5.91 Å². The Morgan fingerprint density at radius 2 is 2.28 bits per heavy atom. The molecule has 1 amide bonds. The number of thiazole rings is 1. The molecule has 2 N–H and O–H groups in total. The van der Waals surface area contributed by atoms with E-state index in [0.29, 0.717) is 18.1 Å². The molecule has 0 aliphatic rings. The van der Waals surface area contributed by atoms with Crippen LogP contribution in [0.4, 0.5) is 0 Å². The zero-order valence-corrected chi connectivity index (χ0v) is 14.8. The number of aromatic nitrogens is 2. The summed E-state index contributed by atoms with van der Waals surface area (Å²) in [5, 5.41) is 13.1. The SMILES string of the molecule is CC[C@@H](O)CNC(=O)c1coc(COc2ccc3sc(C)nc3c2)n1. The predicted molar refractivity (Wildman–Crippen MR) is 93.8 cm³/mol. The summed E-state index contributed by atoms with van der Waals surface area (Å²) >= 11 is 1.63. The number of oxazole rings is 1. The summed E-state index contributed by atoms with van der Waals surface area (Å²) in [5.41, 5.74) is 1.05. The fourth-order valence-corrected chi connectivity index (χ4v) is 2.99. The van der Waals surface area contributed by atoms with Gasteiger partial charge in [0.15, 0.2) is 12.3 Å². The van der Waals surface area contributed by atoms with E-state index in [-0.39, 0.29) is 24.8 Å². The Labute approximate surface area is 148 Å². The standard InChI is InChI=1S/C17H19N3O4S/c1-3-11(21)7-18-17(22)14-8-24-16(20-14)9-23-12-4-5-15-13(6-12)19-10(2)25-15/h4-6,8,11,21H,3,7,9H2,1-2H3,(H,18,22)/t11-/m1/s1. The van der Waals surface area contributed by atoms with Crippen LogP contribution in [-0.2, 0) is 6.61 Å². The molecule has 0 saturated heterocycles. The van der Waals surface area contributed by atoms with Crippen molar-refractivity contribution in [2.24, 2.45) is 0 Å². The molecular formula is C17H19N3O4S. The maximum absolute atomic E-state index is 11.9. The first-order chi connectivity index (χ1) is 12.0. The highest BCUT2D eigenvalue weighted by atomic mass is 32.1. The fourth-order valence-electron chi connectivity index (χ4n) is 2.18. The Morgan fingerprint density at radius 1 is 1.44 bits per heavy atom. The summed E-state index contributed by atoms with van der Waals surface area (Å²) in [4.78, 5) is 20.4. The molecule has 0 fully saturated rings. The molecule has 2 aromatic heterocycles. The van der Waals surface area contributed by atoms with E-state index >= 15 is 0 Å². The van der Waals surface area contributed by atoms with Gasteiger partial charge in [0, 0.05) is 12.6 Å². The molecule has 3 aromatic rings. The maximum atomic E-state index is 11.9. The minimum absolute atomic E-state index is 0.111. The lowest BCUT2D eigenvalue weighted by atomic mass is 10.3. The van der Waals surface area contributed by atoms with E-state index in [9.17, 15) is 9.90 Å². The Hall–Kier alpha value is -2.45. The Morgan fingerprint density at radius 3 is 3.08 bits per heavy atom. The highest BCUT2D eigenvalue weighted by Gasteiger charge is 2.13. The molecule has 0 aliphatic heterocycles. The van der Waals surface area contributed by atoms with Crippen molar-refractivity contribution in [1.82, 2.24) is 15.3 Å². The van der Waals surface area contributed by atoms with Gasteiger partial charge in [0.05, 0.1) is 21.3 Å². The third-order valence-corrected chi connectivity index (χ3v) is 4.53. The van der Waals surface area contributed by atoms with E-state index in [1.54, 1.807) is 11.3 Å². The number of hydrogen-bond donors (Lipinski definition) is 2. The van der Waals surface area contributed by atoms with Gasteiger partial charge in [-0.15, -0.1) is 11.3 Å². The van der Waals surface area contributed by atoms with Crippen molar-refractivity contribution in [3.8, 4) is 5.75 Å². The van der Waals surface area contributed by atoms with E-state index in [1.165, 1.54) is 6.26 Å². The van der Waals surface area contributed by atoms with Crippen LogP contribution in [0, 0.1) is 6.92 Å². The second-order valence-electron chi connectivity index (χ2n) is 5.55. The summed E-state index contributed by atoms with van der Waals surface area (Å²) in [6.45, 7) is 4.09. The number of aliphatic hydroxyl groups excluding tert-OH is 1. The lowest BCUT2D eigenvalue weighted by molar-refractivity contribution is 0.0909. The monoisotopic (exact) mass is 361 g/mol. The van der Waals surface area contributed by atoms with Crippen LogP contribution < -0.4 is 10.1 Å². The number of aliphatic hydroxyl groups is 1. The van der Waals surface area contributed by atoms with Crippen LogP contribution in [0.15, 0.2) is 28.9 Å². The molecule has 8 heteroatoms. The van der Waals surface area contributed by atoms with Crippen molar-refractivity contribution >= 4 is 27.5 Å². The molecule has 7 nitrogen and oxygen atoms in total. The Kier molecular flexibility index (Phi) is 5.30. The van der Waals surface area contributed by atoms with E-state index < -0.39 is 6.10 Å². The van der Waals surface area contributed by atoms with E-state index in [0.717, 1.165) is 15.2 Å². The lowest BCUT2D eigenvalue weighted by Gasteiger charge is -2.07. The second kappa shape index (κ2) is 7.62. The average Bonchev–Trinajstić information content (AvgIpc) is 3.22. The van der Waals surface area contributed by atoms with E-state index in [2.05, 4.69) is 15.3 Å². The number of nitrogens with one attached hydrogen (secondary N) is 1. The largest absolute Gasteiger partial charge is 0.484 e. The number of amides is 1. The maximum Gasteiger partial charge on any atom is 0.273 e. The van der Waals surface area contributed by atoms with Gasteiger partial charge >= 0.3 is 0 Å². The number of nitrogens with zero attached hydrogens (tertiary/aromatic N) is 2. The van der Waals surface area contributed by atoms with Gasteiger partial charge in [-0.3, -0.25) is 4.79 Å². The van der Waals surface area contributed by atoms with Gasteiger partial charge in [-0.1, -0.05) is 6.92 Å². The molecule has 2 heterocycles. The summed E-state index contributed by atoms with van der Waals surface area (Å²) in [6.07, 6.45) is 1.28. The second-order valence-corrected chi connectivity index (χ2v) is 6.78. The molecular weight excluding hydrogens is 342 g/mol. The Bertz CT molecular complexity index is 874. The molecule has 1 aromatic carbocycles. The number of aryl methyl sites for hydroxylation is 1. The molecule has 0 saturated carbocycles. The predicted octanol–water partition coefficient (Wildman–Crippen LogP) is 2.67. The molecule has 1 atom stereocenters. The number of hydrogen-bond acceptors (Lipinski definition) is 7. The van der Waals surface area contributed by atoms with E-state index in [1.807, 2.05) is 32.0 Å². The first-order valence-electron chi connectivity index (χ1n) is 7.96. The zero-order valence-electron chi connectivity index (χ0n) is 14.0. The summed E-state index contributed by atoms with van der Waals surface area (Å²) in [6, 6.07) is 5.69. The normalized spacial score (nSPS) is 12.3. The quantitative estimate of drug-likeness (QED) is 0.671. The van der Waals surface area contributed by atoms with Crippen LogP contribution in [0.25, 0.3) is 10.2 Å². The van der Waals surface area contributed by atoms with Gasteiger partial charge in [-0.05, 0) is 25.5 Å². The van der Waals surface area contributed by atoms with Crippen LogP contribution in [0.2, 0.25) is 0 Å². The molecule has 132 valence electrons. The minimum atomic E-state index is -0.567. The molecule has 3 rings (SSSR count). The molecule has 25 heavy (non-hydrogen) atoms. The van der Waals surface area contributed by atoms with Crippen LogP contribution in [0.1, 0.15) is 34.7 Å². The smallest absolute Gasteiger partial charge is 0.273 e. The van der Waals surface area contributed by atoms with Gasteiger partial charge < -0.3 is 19.6 Å². The first kappa shape index (κ1) is 17.4. The summed E-state index contributed by atoms with van der Waals surface area (Å²) in [5.74, 6) is 0.575. The summed E-state index contributed by atoms with van der Waals surface area (Å²) in [7, 11) is 0. The number of carbonyl (C=O) groups is 1. The van der Waals surface area contributed by atoms with Gasteiger partial charge in [0.1, 0.15) is 12.0 Å². The van der Waals surface area contributed by atoms with Crippen molar-refractivity contribution < 1.29 is 19.1 Å². The first-order valence-corrected chi connectivity index (χ1v) is 8.77. The number of benzene rings is 1. The molecule has 0 aliphatic carbocycles. The van der Waals surface area contributed by atoms with Crippen LogP contribution in [0.3, 0.4) is 0 Å². The Balaban J connectivity index is 1.58. The van der Waals surface area contributed by atoms with Crippen LogP contribution >= 0.6 is 11.3 Å². The fraction of sp³-hybridized carbons (Fsp3) is 0.353. The molecule has 0 spiro atoms. The van der Waals surface area contributed by atoms with Crippen molar-refractivity contribution in [3.63, 3.8) is 0 Å². The minimum Gasteiger partial charge on any atom is -0.484 e. The van der Waals surface area contributed by atoms with Crippen molar-refractivity contribution in [2.75, 3.05) is 6.54 Å². The number of rotatable bonds is 7. The highest BCUT2D eigenvalue weighted by Crippen LogP contribution is 2.25. The topological polar surface area (TPSA) is 97.5 Å². The van der Waals surface area contributed by atoms with E-state index in [4.69, 9.17) is 9.15 Å². The average molecular weight is 361 g/mol. The van der Waals surface area contributed by atoms with Crippen molar-refractivity contribution in [2.45, 2.75) is 33.0 Å².